The molecule has 114 valence electrons. The molecule has 1 heterocycles. The van der Waals surface area contributed by atoms with Gasteiger partial charge in [0.1, 0.15) is 5.75 Å². The van der Waals surface area contributed by atoms with Crippen LogP contribution in [0.2, 0.25) is 0 Å². The zero-order valence-electron chi connectivity index (χ0n) is 12.5. The van der Waals surface area contributed by atoms with Crippen molar-refractivity contribution in [3.63, 3.8) is 0 Å². The zero-order chi connectivity index (χ0) is 15.4. The lowest BCUT2D eigenvalue weighted by Gasteiger charge is -2.18. The molecule has 0 radical (unpaired) electrons. The van der Waals surface area contributed by atoms with E-state index in [1.165, 1.54) is 10.9 Å². The van der Waals surface area contributed by atoms with E-state index in [2.05, 4.69) is 28.5 Å². The van der Waals surface area contributed by atoms with Gasteiger partial charge in [-0.2, -0.15) is 0 Å². The third kappa shape index (κ3) is 2.98. The Hall–Kier alpha value is -2.30. The van der Waals surface area contributed by atoms with Gasteiger partial charge in [0.05, 0.1) is 19.8 Å². The number of hydrogen-bond acceptors (Lipinski definition) is 3. The van der Waals surface area contributed by atoms with E-state index < -0.39 is 0 Å². The Balaban J connectivity index is 1.77. The van der Waals surface area contributed by atoms with Crippen LogP contribution in [0.15, 0.2) is 54.7 Å². The van der Waals surface area contributed by atoms with E-state index in [1.54, 1.807) is 7.11 Å². The molecule has 0 bridgehead atoms. The number of aromatic nitrogens is 1. The van der Waals surface area contributed by atoms with Crippen LogP contribution in [0.4, 0.5) is 0 Å². The van der Waals surface area contributed by atoms with Crippen molar-refractivity contribution < 1.29 is 9.84 Å². The van der Waals surface area contributed by atoms with Gasteiger partial charge in [0.15, 0.2) is 0 Å². The monoisotopic (exact) mass is 296 g/mol. The number of nitrogens with one attached hydrogen (secondary N) is 2. The molecule has 2 aromatic carbocycles. The zero-order valence-corrected chi connectivity index (χ0v) is 12.5. The summed E-state index contributed by atoms with van der Waals surface area (Å²) in [6.07, 6.45) is 1.94. The topological polar surface area (TPSA) is 57.3 Å². The maximum atomic E-state index is 9.68. The molecule has 3 rings (SSSR count). The average Bonchev–Trinajstić information content (AvgIpc) is 3.05. The molecule has 3 N–H and O–H groups in total. The Morgan fingerprint density at radius 1 is 1.18 bits per heavy atom. The quantitative estimate of drug-likeness (QED) is 0.655. The number of aromatic amines is 1. The van der Waals surface area contributed by atoms with Crippen LogP contribution >= 0.6 is 0 Å². The lowest BCUT2D eigenvalue weighted by molar-refractivity contribution is 0.243. The van der Waals surface area contributed by atoms with E-state index in [0.29, 0.717) is 6.54 Å². The summed E-state index contributed by atoms with van der Waals surface area (Å²) in [5.41, 5.74) is 3.35. The summed E-state index contributed by atoms with van der Waals surface area (Å²) in [5.74, 6) is 0.797. The highest BCUT2D eigenvalue weighted by Gasteiger charge is 2.11. The van der Waals surface area contributed by atoms with Crippen LogP contribution in [0.1, 0.15) is 17.2 Å². The minimum absolute atomic E-state index is 0.0380. The summed E-state index contributed by atoms with van der Waals surface area (Å²) in [6, 6.07) is 15.9. The molecule has 0 aliphatic rings. The van der Waals surface area contributed by atoms with Crippen molar-refractivity contribution in [2.45, 2.75) is 12.6 Å². The van der Waals surface area contributed by atoms with E-state index in [9.17, 15) is 5.11 Å². The third-order valence-electron chi connectivity index (χ3n) is 3.90. The van der Waals surface area contributed by atoms with Crippen molar-refractivity contribution in [1.82, 2.24) is 10.3 Å². The number of rotatable bonds is 6. The van der Waals surface area contributed by atoms with Gasteiger partial charge in [-0.1, -0.05) is 24.3 Å². The van der Waals surface area contributed by atoms with Crippen LogP contribution < -0.4 is 10.1 Å². The summed E-state index contributed by atoms with van der Waals surface area (Å²) in [4.78, 5) is 3.21. The van der Waals surface area contributed by atoms with Crippen LogP contribution in [-0.2, 0) is 6.54 Å². The van der Waals surface area contributed by atoms with Gasteiger partial charge in [0.2, 0.25) is 0 Å². The molecule has 1 unspecified atom stereocenters. The summed E-state index contributed by atoms with van der Waals surface area (Å²) in [5, 5.41) is 14.3. The highest BCUT2D eigenvalue weighted by molar-refractivity contribution is 5.82. The molecule has 0 saturated carbocycles. The predicted octanol–water partition coefficient (Wildman–Crippen LogP) is 3.00. The van der Waals surface area contributed by atoms with Gasteiger partial charge in [-0.05, 0) is 35.4 Å². The smallest absolute Gasteiger partial charge is 0.119 e. The van der Waals surface area contributed by atoms with E-state index in [0.717, 1.165) is 16.8 Å². The standard InChI is InChI=1S/C18H20N2O2/c1-22-15-6-2-4-13(10-15)18(12-21)20-11-14-5-3-7-17-16(14)8-9-19-17/h2-10,18-21H,11-12H2,1H3. The highest BCUT2D eigenvalue weighted by Crippen LogP contribution is 2.21. The third-order valence-corrected chi connectivity index (χ3v) is 3.90. The van der Waals surface area contributed by atoms with E-state index in [4.69, 9.17) is 4.74 Å². The molecule has 22 heavy (non-hydrogen) atoms. The maximum absolute atomic E-state index is 9.68. The van der Waals surface area contributed by atoms with Gasteiger partial charge in [0, 0.05) is 23.6 Å². The molecule has 1 aromatic heterocycles. The molecule has 0 fully saturated rings. The first kappa shape index (κ1) is 14.6. The highest BCUT2D eigenvalue weighted by atomic mass is 16.5. The Bertz CT molecular complexity index is 751. The fourth-order valence-corrected chi connectivity index (χ4v) is 2.68. The summed E-state index contributed by atoms with van der Waals surface area (Å²) in [6.45, 7) is 0.730. The molecule has 3 aromatic rings. The van der Waals surface area contributed by atoms with Gasteiger partial charge < -0.3 is 20.1 Å². The summed E-state index contributed by atoms with van der Waals surface area (Å²) >= 11 is 0. The molecular weight excluding hydrogens is 276 g/mol. The fourth-order valence-electron chi connectivity index (χ4n) is 2.68. The van der Waals surface area contributed by atoms with Gasteiger partial charge in [0.25, 0.3) is 0 Å². The molecule has 4 nitrogen and oxygen atoms in total. The lowest BCUT2D eigenvalue weighted by Crippen LogP contribution is -2.24. The number of fused-ring (bicyclic) bond motifs is 1. The Kier molecular flexibility index (Phi) is 4.42. The summed E-state index contributed by atoms with van der Waals surface area (Å²) < 4.78 is 5.25. The predicted molar refractivity (Wildman–Crippen MR) is 88.0 cm³/mol. The molecular formula is C18H20N2O2. The van der Waals surface area contributed by atoms with Gasteiger partial charge in [-0.3, -0.25) is 0 Å². The second-order valence-electron chi connectivity index (χ2n) is 5.25. The normalized spacial score (nSPS) is 12.5. The number of ether oxygens (including phenoxy) is 1. The van der Waals surface area contributed by atoms with Crippen LogP contribution in [0.25, 0.3) is 10.9 Å². The first-order valence-corrected chi connectivity index (χ1v) is 7.35. The number of methoxy groups -OCH3 is 1. The molecule has 0 aliphatic carbocycles. The number of benzene rings is 2. The molecule has 0 spiro atoms. The number of aliphatic hydroxyl groups excluding tert-OH is 1. The van der Waals surface area contributed by atoms with E-state index in [-0.39, 0.29) is 12.6 Å². The second kappa shape index (κ2) is 6.64. The first-order chi connectivity index (χ1) is 10.8. The second-order valence-corrected chi connectivity index (χ2v) is 5.25. The van der Waals surface area contributed by atoms with Crippen molar-refractivity contribution in [1.29, 1.82) is 0 Å². The molecule has 4 heteroatoms. The lowest BCUT2D eigenvalue weighted by atomic mass is 10.1. The van der Waals surface area contributed by atoms with Crippen molar-refractivity contribution in [3.8, 4) is 5.75 Å². The van der Waals surface area contributed by atoms with Crippen molar-refractivity contribution >= 4 is 10.9 Å². The van der Waals surface area contributed by atoms with Gasteiger partial charge >= 0.3 is 0 Å². The van der Waals surface area contributed by atoms with Crippen molar-refractivity contribution in [2.24, 2.45) is 0 Å². The first-order valence-electron chi connectivity index (χ1n) is 7.35. The van der Waals surface area contributed by atoms with E-state index in [1.807, 2.05) is 36.5 Å². The molecule has 0 aliphatic heterocycles. The molecule has 1 atom stereocenters. The Morgan fingerprint density at radius 3 is 2.86 bits per heavy atom. The van der Waals surface area contributed by atoms with Crippen LogP contribution in [0, 0.1) is 0 Å². The largest absolute Gasteiger partial charge is 0.497 e. The Morgan fingerprint density at radius 2 is 2.05 bits per heavy atom. The van der Waals surface area contributed by atoms with Gasteiger partial charge in [-0.25, -0.2) is 0 Å². The minimum Gasteiger partial charge on any atom is -0.497 e. The Labute approximate surface area is 129 Å². The fraction of sp³-hybridized carbons (Fsp3) is 0.222. The summed E-state index contributed by atoms with van der Waals surface area (Å²) in [7, 11) is 1.65. The number of H-pyrrole nitrogens is 1. The average molecular weight is 296 g/mol. The maximum Gasteiger partial charge on any atom is 0.119 e. The minimum atomic E-state index is -0.121. The van der Waals surface area contributed by atoms with Crippen LogP contribution in [0.3, 0.4) is 0 Å². The van der Waals surface area contributed by atoms with Crippen LogP contribution in [-0.4, -0.2) is 23.8 Å². The SMILES string of the molecule is COc1cccc(C(CO)NCc2cccc3[nH]ccc23)c1. The number of aliphatic hydroxyl groups is 1. The molecule has 0 saturated heterocycles. The van der Waals surface area contributed by atoms with Crippen molar-refractivity contribution in [2.75, 3.05) is 13.7 Å². The molecule has 0 amide bonds. The van der Waals surface area contributed by atoms with Crippen molar-refractivity contribution in [3.05, 3.63) is 65.9 Å². The van der Waals surface area contributed by atoms with E-state index >= 15 is 0 Å². The van der Waals surface area contributed by atoms with Gasteiger partial charge in [-0.15, -0.1) is 0 Å². The number of hydrogen-bond donors (Lipinski definition) is 3. The van der Waals surface area contributed by atoms with Crippen LogP contribution in [0.5, 0.6) is 5.75 Å².